The monoisotopic (exact) mass is 221 g/mol. The molecule has 0 saturated carbocycles. The molecule has 0 aliphatic heterocycles. The summed E-state index contributed by atoms with van der Waals surface area (Å²) in [5.41, 5.74) is 0. The fourth-order valence-electron chi connectivity index (χ4n) is 0.408. The van der Waals surface area contributed by atoms with Crippen LogP contribution in [0.15, 0.2) is 0 Å². The van der Waals surface area contributed by atoms with Crippen molar-refractivity contribution in [2.45, 2.75) is 27.7 Å². The maximum atomic E-state index is 9.43. The number of rotatable bonds is 5. The third-order valence-corrected chi connectivity index (χ3v) is 1.03. The first-order valence-corrected chi connectivity index (χ1v) is 5.37. The number of ether oxygens (including phenoxy) is 2. The Labute approximate surface area is 94.5 Å². The standard InChI is InChI=1S/2C4H10O.C3H7NO/c2*1-3-5-4-2;1-4(2)3-5/h2*3-4H2,1-2H3;3H,1-2H3. The maximum absolute atomic E-state index is 9.43. The van der Waals surface area contributed by atoms with Gasteiger partial charge in [-0.25, -0.2) is 0 Å². The number of nitrogens with zero attached hydrogens (tertiary/aromatic N) is 1. The molecule has 0 aromatic carbocycles. The van der Waals surface area contributed by atoms with Gasteiger partial charge >= 0.3 is 0 Å². The largest absolute Gasteiger partial charge is 0.382 e. The van der Waals surface area contributed by atoms with Gasteiger partial charge in [-0.1, -0.05) is 0 Å². The van der Waals surface area contributed by atoms with Crippen LogP contribution in [-0.2, 0) is 14.3 Å². The van der Waals surface area contributed by atoms with E-state index in [-0.39, 0.29) is 0 Å². The van der Waals surface area contributed by atoms with Gasteiger partial charge in [-0.15, -0.1) is 0 Å². The molecule has 0 spiro atoms. The summed E-state index contributed by atoms with van der Waals surface area (Å²) in [5.74, 6) is 0. The van der Waals surface area contributed by atoms with E-state index in [1.165, 1.54) is 4.90 Å². The number of amides is 1. The van der Waals surface area contributed by atoms with E-state index >= 15 is 0 Å². The second kappa shape index (κ2) is 23.3. The minimum Gasteiger partial charge on any atom is -0.382 e. The quantitative estimate of drug-likeness (QED) is 0.664. The molecule has 0 atom stereocenters. The summed E-state index contributed by atoms with van der Waals surface area (Å²) >= 11 is 0. The van der Waals surface area contributed by atoms with Gasteiger partial charge < -0.3 is 14.4 Å². The van der Waals surface area contributed by atoms with Gasteiger partial charge in [0.2, 0.25) is 6.41 Å². The SMILES string of the molecule is CCOCC.CCOCC.CN(C)C=O. The Morgan fingerprint density at radius 2 is 1.07 bits per heavy atom. The van der Waals surface area contributed by atoms with Gasteiger partial charge in [0.25, 0.3) is 0 Å². The molecule has 4 heteroatoms. The molecule has 0 unspecified atom stereocenters. The zero-order valence-electron chi connectivity index (χ0n) is 11.1. The Kier molecular flexibility index (Phi) is 30.9. The summed E-state index contributed by atoms with van der Waals surface area (Å²) in [6.07, 6.45) is 0.750. The summed E-state index contributed by atoms with van der Waals surface area (Å²) in [6.45, 7) is 11.3. The minimum absolute atomic E-state index is 0.750. The second-order valence-electron chi connectivity index (χ2n) is 2.63. The Balaban J connectivity index is -0.000000144. The van der Waals surface area contributed by atoms with Crippen molar-refractivity contribution >= 4 is 6.41 Å². The van der Waals surface area contributed by atoms with Crippen molar-refractivity contribution in [2.24, 2.45) is 0 Å². The van der Waals surface area contributed by atoms with E-state index in [0.29, 0.717) is 0 Å². The van der Waals surface area contributed by atoms with Gasteiger partial charge in [0, 0.05) is 40.5 Å². The highest BCUT2D eigenvalue weighted by molar-refractivity contribution is 5.45. The Bertz CT molecular complexity index is 87.8. The minimum atomic E-state index is 0.750. The van der Waals surface area contributed by atoms with E-state index in [9.17, 15) is 4.79 Å². The number of carbonyl (C=O) groups excluding carboxylic acids is 1. The van der Waals surface area contributed by atoms with Crippen molar-refractivity contribution in [3.05, 3.63) is 0 Å². The molecule has 0 bridgehead atoms. The average Bonchev–Trinajstić information content (AvgIpc) is 2.22. The van der Waals surface area contributed by atoms with Crippen LogP contribution in [0.3, 0.4) is 0 Å². The van der Waals surface area contributed by atoms with Crippen LogP contribution in [-0.4, -0.2) is 51.8 Å². The third-order valence-electron chi connectivity index (χ3n) is 1.03. The van der Waals surface area contributed by atoms with Crippen LogP contribution in [0.5, 0.6) is 0 Å². The van der Waals surface area contributed by atoms with Crippen LogP contribution in [0.4, 0.5) is 0 Å². The summed E-state index contributed by atoms with van der Waals surface area (Å²) in [4.78, 5) is 10.9. The van der Waals surface area contributed by atoms with Crippen LogP contribution >= 0.6 is 0 Å². The fourth-order valence-corrected chi connectivity index (χ4v) is 0.408. The lowest BCUT2D eigenvalue weighted by Crippen LogP contribution is -2.06. The number of hydrogen-bond acceptors (Lipinski definition) is 3. The Hall–Kier alpha value is -0.610. The van der Waals surface area contributed by atoms with E-state index in [1.807, 2.05) is 27.7 Å². The van der Waals surface area contributed by atoms with Gasteiger partial charge in [0.1, 0.15) is 0 Å². The smallest absolute Gasteiger partial charge is 0.209 e. The van der Waals surface area contributed by atoms with E-state index in [2.05, 4.69) is 0 Å². The first-order valence-electron chi connectivity index (χ1n) is 5.37. The molecule has 0 aromatic heterocycles. The molecule has 15 heavy (non-hydrogen) atoms. The predicted octanol–water partition coefficient (Wildman–Crippen LogP) is 1.79. The van der Waals surface area contributed by atoms with Crippen LogP contribution in [0, 0.1) is 0 Å². The highest BCUT2D eigenvalue weighted by Gasteiger charge is 1.68. The van der Waals surface area contributed by atoms with Gasteiger partial charge in [0.05, 0.1) is 0 Å². The normalized spacial score (nSPS) is 7.87. The summed E-state index contributed by atoms with van der Waals surface area (Å²) in [6, 6.07) is 0. The van der Waals surface area contributed by atoms with Crippen LogP contribution < -0.4 is 0 Å². The first kappa shape index (κ1) is 19.9. The molecule has 0 heterocycles. The Morgan fingerprint density at radius 1 is 0.867 bits per heavy atom. The number of hydrogen-bond donors (Lipinski definition) is 0. The molecule has 1 amide bonds. The van der Waals surface area contributed by atoms with Crippen molar-refractivity contribution in [1.82, 2.24) is 4.90 Å². The van der Waals surface area contributed by atoms with Crippen molar-refractivity contribution in [1.29, 1.82) is 0 Å². The predicted molar refractivity (Wildman–Crippen MR) is 64.1 cm³/mol. The van der Waals surface area contributed by atoms with Crippen molar-refractivity contribution in [2.75, 3.05) is 40.5 Å². The van der Waals surface area contributed by atoms with Gasteiger partial charge in [-0.2, -0.15) is 0 Å². The topological polar surface area (TPSA) is 38.8 Å². The molecule has 94 valence electrons. The molecule has 4 nitrogen and oxygen atoms in total. The second-order valence-corrected chi connectivity index (χ2v) is 2.63. The molecule has 0 aliphatic carbocycles. The molecule has 0 rings (SSSR count). The molecular formula is C11H27NO3. The fraction of sp³-hybridized carbons (Fsp3) is 0.909. The maximum Gasteiger partial charge on any atom is 0.209 e. The zero-order chi connectivity index (χ0) is 12.5. The lowest BCUT2D eigenvalue weighted by molar-refractivity contribution is -0.115. The molecule has 0 saturated heterocycles. The molecule has 0 radical (unpaired) electrons. The van der Waals surface area contributed by atoms with Crippen molar-refractivity contribution < 1.29 is 14.3 Å². The summed E-state index contributed by atoms with van der Waals surface area (Å²) in [5, 5.41) is 0. The molecule has 0 aliphatic rings. The summed E-state index contributed by atoms with van der Waals surface area (Å²) < 4.78 is 9.67. The van der Waals surface area contributed by atoms with Gasteiger partial charge in [-0.3, -0.25) is 4.79 Å². The van der Waals surface area contributed by atoms with Crippen molar-refractivity contribution in [3.8, 4) is 0 Å². The van der Waals surface area contributed by atoms with Crippen LogP contribution in [0.25, 0.3) is 0 Å². The first-order chi connectivity index (χ1) is 7.10. The zero-order valence-corrected chi connectivity index (χ0v) is 11.1. The number of carbonyl (C=O) groups is 1. The Morgan fingerprint density at radius 3 is 1.07 bits per heavy atom. The summed E-state index contributed by atoms with van der Waals surface area (Å²) in [7, 11) is 3.38. The van der Waals surface area contributed by atoms with Crippen LogP contribution in [0.2, 0.25) is 0 Å². The molecule has 0 N–H and O–H groups in total. The lowest BCUT2D eigenvalue weighted by Gasteiger charge is -1.93. The van der Waals surface area contributed by atoms with E-state index in [1.54, 1.807) is 14.1 Å². The lowest BCUT2D eigenvalue weighted by atomic mass is 10.8. The van der Waals surface area contributed by atoms with Crippen LogP contribution in [0.1, 0.15) is 27.7 Å². The van der Waals surface area contributed by atoms with Crippen molar-refractivity contribution in [3.63, 3.8) is 0 Å². The molecule has 0 fully saturated rings. The highest BCUT2D eigenvalue weighted by atomic mass is 16.5. The van der Waals surface area contributed by atoms with Gasteiger partial charge in [0.15, 0.2) is 0 Å². The average molecular weight is 221 g/mol. The molecule has 0 aromatic rings. The van der Waals surface area contributed by atoms with E-state index in [0.717, 1.165) is 32.8 Å². The van der Waals surface area contributed by atoms with E-state index in [4.69, 9.17) is 9.47 Å². The van der Waals surface area contributed by atoms with E-state index < -0.39 is 0 Å². The van der Waals surface area contributed by atoms with Gasteiger partial charge in [-0.05, 0) is 27.7 Å². The third kappa shape index (κ3) is 59.8. The highest BCUT2D eigenvalue weighted by Crippen LogP contribution is 1.65. The molecular weight excluding hydrogens is 194 g/mol.